The van der Waals surface area contributed by atoms with Crippen LogP contribution in [0.5, 0.6) is 0 Å². The van der Waals surface area contributed by atoms with Crippen LogP contribution >= 0.6 is 11.8 Å². The third kappa shape index (κ3) is 3.89. The van der Waals surface area contributed by atoms with Crippen molar-refractivity contribution in [2.24, 2.45) is 7.05 Å². The number of carbonyl (C=O) groups excluding carboxylic acids is 1. The van der Waals surface area contributed by atoms with Gasteiger partial charge in [-0.25, -0.2) is 4.98 Å². The van der Waals surface area contributed by atoms with E-state index in [9.17, 15) is 4.79 Å². The van der Waals surface area contributed by atoms with E-state index in [4.69, 9.17) is 4.42 Å². The molecule has 6 heteroatoms. The summed E-state index contributed by atoms with van der Waals surface area (Å²) in [7, 11) is 3.73. The molecule has 24 heavy (non-hydrogen) atoms. The largest absolute Gasteiger partial charge is 0.455 e. The molecule has 0 aliphatic heterocycles. The predicted molar refractivity (Wildman–Crippen MR) is 93.7 cm³/mol. The number of carbonyl (C=O) groups is 1. The van der Waals surface area contributed by atoms with Gasteiger partial charge in [0.1, 0.15) is 5.76 Å². The van der Waals surface area contributed by atoms with Gasteiger partial charge in [-0.1, -0.05) is 42.1 Å². The zero-order valence-corrected chi connectivity index (χ0v) is 14.5. The van der Waals surface area contributed by atoms with Crippen molar-refractivity contribution in [3.63, 3.8) is 0 Å². The molecule has 0 bridgehead atoms. The number of rotatable bonds is 6. The summed E-state index contributed by atoms with van der Waals surface area (Å²) < 4.78 is 7.65. The lowest BCUT2D eigenvalue weighted by Crippen LogP contribution is -2.25. The van der Waals surface area contributed by atoms with E-state index in [1.54, 1.807) is 36.0 Å². The van der Waals surface area contributed by atoms with E-state index in [1.165, 1.54) is 0 Å². The van der Waals surface area contributed by atoms with Gasteiger partial charge in [-0.3, -0.25) is 4.79 Å². The summed E-state index contributed by atoms with van der Waals surface area (Å²) >= 11 is 1.58. The fourth-order valence-corrected chi connectivity index (χ4v) is 3.14. The van der Waals surface area contributed by atoms with Gasteiger partial charge in [0.15, 0.2) is 10.9 Å². The molecule has 0 saturated carbocycles. The second kappa shape index (κ2) is 7.40. The van der Waals surface area contributed by atoms with Crippen molar-refractivity contribution < 1.29 is 9.21 Å². The Kier molecular flexibility index (Phi) is 5.05. The van der Waals surface area contributed by atoms with Gasteiger partial charge in [0.05, 0.1) is 5.75 Å². The van der Waals surface area contributed by atoms with E-state index < -0.39 is 0 Å². The molecule has 2 heterocycles. The number of hydrogen-bond donors (Lipinski definition) is 0. The summed E-state index contributed by atoms with van der Waals surface area (Å²) in [6.45, 7) is 0.553. The van der Waals surface area contributed by atoms with Crippen molar-refractivity contribution in [3.05, 3.63) is 71.9 Å². The average molecular weight is 341 g/mol. The minimum Gasteiger partial charge on any atom is -0.455 e. The Morgan fingerprint density at radius 3 is 2.75 bits per heavy atom. The molecule has 0 saturated heterocycles. The highest BCUT2D eigenvalue weighted by Gasteiger charge is 2.16. The summed E-state index contributed by atoms with van der Waals surface area (Å²) in [5.74, 6) is 1.65. The maximum absolute atomic E-state index is 12.5. The quantitative estimate of drug-likeness (QED) is 0.643. The van der Waals surface area contributed by atoms with Crippen molar-refractivity contribution in [1.82, 2.24) is 14.5 Å². The first-order chi connectivity index (χ1) is 11.6. The van der Waals surface area contributed by atoms with Crippen LogP contribution in [0.1, 0.15) is 21.9 Å². The third-order valence-electron chi connectivity index (χ3n) is 3.60. The molecule has 3 rings (SSSR count). The Hall–Kier alpha value is -2.47. The number of furan rings is 1. The molecule has 0 unspecified atom stereocenters. The van der Waals surface area contributed by atoms with E-state index >= 15 is 0 Å². The number of thioether (sulfide) groups is 1. The highest BCUT2D eigenvalue weighted by Crippen LogP contribution is 2.22. The standard InChI is InChI=1S/C18H19N3O2S/c1-20-11-10-19-18(20)24-13-15-8-9-16(23-15)17(22)21(2)12-14-6-4-3-5-7-14/h3-11H,12-13H2,1-2H3. The molecule has 0 aliphatic rings. The molecule has 5 nitrogen and oxygen atoms in total. The first kappa shape index (κ1) is 16.4. The number of benzene rings is 1. The molecule has 124 valence electrons. The van der Waals surface area contributed by atoms with Gasteiger partial charge in [0.25, 0.3) is 5.91 Å². The van der Waals surface area contributed by atoms with Gasteiger partial charge in [0.2, 0.25) is 0 Å². The lowest BCUT2D eigenvalue weighted by Gasteiger charge is -2.15. The van der Waals surface area contributed by atoms with Crippen LogP contribution in [-0.4, -0.2) is 27.4 Å². The maximum Gasteiger partial charge on any atom is 0.289 e. The normalized spacial score (nSPS) is 10.8. The summed E-state index contributed by atoms with van der Waals surface area (Å²) in [5, 5.41) is 0.917. The Bertz CT molecular complexity index is 811. The van der Waals surface area contributed by atoms with Gasteiger partial charge in [-0.15, -0.1) is 0 Å². The van der Waals surface area contributed by atoms with Crippen LogP contribution in [0, 0.1) is 0 Å². The second-order valence-corrected chi connectivity index (χ2v) is 6.46. The van der Waals surface area contributed by atoms with E-state index in [0.717, 1.165) is 16.5 Å². The zero-order chi connectivity index (χ0) is 16.9. The van der Waals surface area contributed by atoms with Gasteiger partial charge >= 0.3 is 0 Å². The zero-order valence-electron chi connectivity index (χ0n) is 13.7. The van der Waals surface area contributed by atoms with E-state index in [1.807, 2.05) is 54.2 Å². The molecule has 0 atom stereocenters. The Morgan fingerprint density at radius 1 is 1.25 bits per heavy atom. The summed E-state index contributed by atoms with van der Waals surface area (Å²) in [6, 6.07) is 13.5. The average Bonchev–Trinajstić information content (AvgIpc) is 3.22. The van der Waals surface area contributed by atoms with Gasteiger partial charge in [-0.05, 0) is 17.7 Å². The van der Waals surface area contributed by atoms with Crippen LogP contribution in [0.15, 0.2) is 64.4 Å². The van der Waals surface area contributed by atoms with Crippen LogP contribution in [0.4, 0.5) is 0 Å². The molecule has 2 aromatic heterocycles. The predicted octanol–water partition coefficient (Wildman–Crippen LogP) is 3.58. The van der Waals surface area contributed by atoms with E-state index in [2.05, 4.69) is 4.98 Å². The first-order valence-electron chi connectivity index (χ1n) is 7.61. The van der Waals surface area contributed by atoms with Crippen LogP contribution < -0.4 is 0 Å². The van der Waals surface area contributed by atoms with E-state index in [0.29, 0.717) is 18.1 Å². The minimum atomic E-state index is -0.118. The lowest BCUT2D eigenvalue weighted by molar-refractivity contribution is 0.0752. The van der Waals surface area contributed by atoms with Crippen LogP contribution in [-0.2, 0) is 19.3 Å². The number of amides is 1. The molecule has 0 radical (unpaired) electrons. The molecule has 0 spiro atoms. The van der Waals surface area contributed by atoms with Crippen molar-refractivity contribution in [3.8, 4) is 0 Å². The Balaban J connectivity index is 1.60. The van der Waals surface area contributed by atoms with Gasteiger partial charge in [-0.2, -0.15) is 0 Å². The topological polar surface area (TPSA) is 51.3 Å². The molecule has 1 aromatic carbocycles. The van der Waals surface area contributed by atoms with E-state index in [-0.39, 0.29) is 5.91 Å². The second-order valence-electron chi connectivity index (χ2n) is 5.52. The first-order valence-corrected chi connectivity index (χ1v) is 8.60. The maximum atomic E-state index is 12.5. The lowest BCUT2D eigenvalue weighted by atomic mass is 10.2. The molecule has 1 amide bonds. The Labute approximate surface area is 145 Å². The van der Waals surface area contributed by atoms with Crippen molar-refractivity contribution >= 4 is 17.7 Å². The highest BCUT2D eigenvalue weighted by molar-refractivity contribution is 7.98. The number of aromatic nitrogens is 2. The summed E-state index contributed by atoms with van der Waals surface area (Å²) in [4.78, 5) is 18.4. The van der Waals surface area contributed by atoms with Crippen molar-refractivity contribution in [1.29, 1.82) is 0 Å². The number of imidazole rings is 1. The highest BCUT2D eigenvalue weighted by atomic mass is 32.2. The van der Waals surface area contributed by atoms with Gasteiger partial charge < -0.3 is 13.9 Å². The number of nitrogens with zero attached hydrogens (tertiary/aromatic N) is 3. The molecular weight excluding hydrogens is 322 g/mol. The smallest absolute Gasteiger partial charge is 0.289 e. The van der Waals surface area contributed by atoms with Crippen LogP contribution in [0.25, 0.3) is 0 Å². The molecule has 0 N–H and O–H groups in total. The molecule has 3 aromatic rings. The van der Waals surface area contributed by atoms with Crippen molar-refractivity contribution in [2.45, 2.75) is 17.5 Å². The fourth-order valence-electron chi connectivity index (χ4n) is 2.31. The molecule has 0 aliphatic carbocycles. The van der Waals surface area contributed by atoms with Crippen LogP contribution in [0.3, 0.4) is 0 Å². The summed E-state index contributed by atoms with van der Waals surface area (Å²) in [5.41, 5.74) is 1.09. The fraction of sp³-hybridized carbons (Fsp3) is 0.222. The third-order valence-corrected chi connectivity index (χ3v) is 4.68. The van der Waals surface area contributed by atoms with Gasteiger partial charge in [0, 0.05) is 33.0 Å². The van der Waals surface area contributed by atoms with Crippen molar-refractivity contribution in [2.75, 3.05) is 7.05 Å². The number of aryl methyl sites for hydroxylation is 1. The van der Waals surface area contributed by atoms with Crippen LogP contribution in [0.2, 0.25) is 0 Å². The molecular formula is C18H19N3O2S. The number of hydrogen-bond acceptors (Lipinski definition) is 4. The molecule has 0 fully saturated rings. The Morgan fingerprint density at radius 2 is 2.04 bits per heavy atom. The summed E-state index contributed by atoms with van der Waals surface area (Å²) in [6.07, 6.45) is 3.66. The minimum absolute atomic E-state index is 0.118. The monoisotopic (exact) mass is 341 g/mol. The SMILES string of the molecule is CN(Cc1ccccc1)C(=O)c1ccc(CSc2nccn2C)o1.